The molecule has 214 valence electrons. The van der Waals surface area contributed by atoms with Gasteiger partial charge in [-0.2, -0.15) is 0 Å². The minimum absolute atomic E-state index is 0.102. The van der Waals surface area contributed by atoms with Gasteiger partial charge in [0.05, 0.1) is 12.0 Å². The summed E-state index contributed by atoms with van der Waals surface area (Å²) < 4.78 is 32.9. The zero-order valence-corrected chi connectivity index (χ0v) is 22.7. The van der Waals surface area contributed by atoms with Crippen LogP contribution in [-0.2, 0) is 14.3 Å². The van der Waals surface area contributed by atoms with Gasteiger partial charge in [0.1, 0.15) is 18.7 Å². The molecule has 3 heterocycles. The Morgan fingerprint density at radius 1 is 1.05 bits per heavy atom. The Kier molecular flexibility index (Phi) is 8.81. The van der Waals surface area contributed by atoms with Crippen molar-refractivity contribution in [3.8, 4) is 0 Å². The predicted molar refractivity (Wildman–Crippen MR) is 143 cm³/mol. The number of likely N-dealkylation sites (tertiary alicyclic amines) is 1. The van der Waals surface area contributed by atoms with Crippen molar-refractivity contribution in [2.45, 2.75) is 70.1 Å². The summed E-state index contributed by atoms with van der Waals surface area (Å²) in [6, 6.07) is 5.56. The van der Waals surface area contributed by atoms with Gasteiger partial charge in [-0.15, -0.1) is 0 Å². The molecular formula is C29H40F2N4O4. The van der Waals surface area contributed by atoms with Crippen molar-refractivity contribution < 1.29 is 27.9 Å². The minimum Gasteiger partial charge on any atom is -0.369 e. The van der Waals surface area contributed by atoms with Crippen molar-refractivity contribution in [1.29, 1.82) is 0 Å². The monoisotopic (exact) mass is 546 g/mol. The summed E-state index contributed by atoms with van der Waals surface area (Å²) in [4.78, 5) is 45.8. The fraction of sp³-hybridized carbons (Fsp3) is 0.690. The van der Waals surface area contributed by atoms with E-state index < -0.39 is 36.4 Å². The van der Waals surface area contributed by atoms with Gasteiger partial charge in [-0.3, -0.25) is 19.3 Å². The number of nitrogens with zero attached hydrogens (tertiary/aromatic N) is 3. The second-order valence-electron chi connectivity index (χ2n) is 11.4. The molecule has 1 aliphatic carbocycles. The number of piperazine rings is 1. The Labute approximate surface area is 229 Å². The Hall–Kier alpha value is -2.59. The Bertz CT molecular complexity index is 1020. The van der Waals surface area contributed by atoms with Crippen LogP contribution in [0.1, 0.15) is 55.8 Å². The zero-order chi connectivity index (χ0) is 27.5. The van der Waals surface area contributed by atoms with Gasteiger partial charge in [0.15, 0.2) is 5.78 Å². The van der Waals surface area contributed by atoms with Crippen LogP contribution < -0.4 is 10.2 Å². The highest BCUT2D eigenvalue weighted by Crippen LogP contribution is 2.37. The van der Waals surface area contributed by atoms with Crippen LogP contribution in [0.2, 0.25) is 0 Å². The van der Waals surface area contributed by atoms with Crippen LogP contribution in [0.15, 0.2) is 24.3 Å². The molecule has 5 rings (SSSR count). The van der Waals surface area contributed by atoms with Gasteiger partial charge < -0.3 is 19.9 Å². The van der Waals surface area contributed by atoms with E-state index in [9.17, 15) is 23.2 Å². The van der Waals surface area contributed by atoms with E-state index >= 15 is 0 Å². The normalized spacial score (nSPS) is 27.2. The van der Waals surface area contributed by atoms with Crippen molar-refractivity contribution in [2.24, 2.45) is 11.8 Å². The maximum absolute atomic E-state index is 13.8. The van der Waals surface area contributed by atoms with E-state index in [-0.39, 0.29) is 30.8 Å². The second-order valence-corrected chi connectivity index (χ2v) is 11.4. The highest BCUT2D eigenvalue weighted by Gasteiger charge is 2.56. The van der Waals surface area contributed by atoms with E-state index in [0.717, 1.165) is 76.9 Å². The molecule has 1 saturated carbocycles. The summed E-state index contributed by atoms with van der Waals surface area (Å²) in [5.41, 5.74) is 1.51. The lowest BCUT2D eigenvalue weighted by Gasteiger charge is -2.36. The van der Waals surface area contributed by atoms with E-state index in [0.29, 0.717) is 5.56 Å². The number of Topliss-reactive ketones (excluding diaryl/α,β-unsaturated/α-hetero) is 1. The van der Waals surface area contributed by atoms with Crippen LogP contribution >= 0.6 is 0 Å². The largest absolute Gasteiger partial charge is 0.369 e. The molecule has 3 aliphatic heterocycles. The second kappa shape index (κ2) is 12.3. The Balaban J connectivity index is 1.29. The number of fused-ring (bicyclic) bond motifs is 1. The lowest BCUT2D eigenvalue weighted by Crippen LogP contribution is -2.55. The number of amides is 2. The molecule has 0 aromatic heterocycles. The fourth-order valence-electron chi connectivity index (χ4n) is 6.76. The smallest absolute Gasteiger partial charge is 0.251 e. The number of hydrogen-bond acceptors (Lipinski definition) is 6. The average molecular weight is 547 g/mol. The maximum Gasteiger partial charge on any atom is 0.251 e. The third kappa shape index (κ3) is 5.96. The highest BCUT2D eigenvalue weighted by atomic mass is 19.3. The number of ether oxygens (including phenoxy) is 1. The van der Waals surface area contributed by atoms with Crippen molar-refractivity contribution in [2.75, 3.05) is 50.8 Å². The van der Waals surface area contributed by atoms with E-state index in [4.69, 9.17) is 4.74 Å². The molecule has 0 spiro atoms. The SMILES string of the molecule is CCCN1CCN(c2ccc(C(=O)N[C@H](C(=O)N3C[C@@H](C(F)F)[C@H]4OCC(=O)[C@H]43)C3CCCCC3)cc2)CC1. The predicted octanol–water partition coefficient (Wildman–Crippen LogP) is 2.96. The van der Waals surface area contributed by atoms with Crippen molar-refractivity contribution in [3.05, 3.63) is 29.8 Å². The van der Waals surface area contributed by atoms with Crippen LogP contribution in [0, 0.1) is 11.8 Å². The first-order valence-electron chi connectivity index (χ1n) is 14.5. The van der Waals surface area contributed by atoms with E-state index in [1.54, 1.807) is 12.1 Å². The number of nitrogens with one attached hydrogen (secondary N) is 1. The van der Waals surface area contributed by atoms with E-state index in [1.165, 1.54) is 4.90 Å². The van der Waals surface area contributed by atoms with Crippen molar-refractivity contribution in [1.82, 2.24) is 15.1 Å². The van der Waals surface area contributed by atoms with Crippen LogP contribution in [-0.4, -0.2) is 97.9 Å². The summed E-state index contributed by atoms with van der Waals surface area (Å²) >= 11 is 0. The summed E-state index contributed by atoms with van der Waals surface area (Å²) in [6.07, 6.45) is 1.95. The summed E-state index contributed by atoms with van der Waals surface area (Å²) in [7, 11) is 0. The molecule has 4 aliphatic rings. The molecule has 2 amide bonds. The number of halogens is 2. The average Bonchev–Trinajstić information content (AvgIpc) is 3.53. The summed E-state index contributed by atoms with van der Waals surface area (Å²) in [5.74, 6) is -2.47. The number of alkyl halides is 2. The van der Waals surface area contributed by atoms with Crippen LogP contribution in [0.5, 0.6) is 0 Å². The van der Waals surface area contributed by atoms with Crippen molar-refractivity contribution in [3.63, 3.8) is 0 Å². The lowest BCUT2D eigenvalue weighted by atomic mass is 9.83. The summed E-state index contributed by atoms with van der Waals surface area (Å²) in [5, 5.41) is 2.95. The maximum atomic E-state index is 13.8. The van der Waals surface area contributed by atoms with Gasteiger partial charge in [-0.1, -0.05) is 26.2 Å². The highest BCUT2D eigenvalue weighted by molar-refractivity contribution is 5.99. The molecule has 0 bridgehead atoms. The Morgan fingerprint density at radius 2 is 1.74 bits per heavy atom. The number of ketones is 1. The van der Waals surface area contributed by atoms with Gasteiger partial charge in [0, 0.05) is 44.0 Å². The third-order valence-electron chi connectivity index (χ3n) is 8.91. The molecule has 4 fully saturated rings. The minimum atomic E-state index is -2.70. The molecule has 4 atom stereocenters. The molecule has 1 N–H and O–H groups in total. The fourth-order valence-corrected chi connectivity index (χ4v) is 6.76. The first-order chi connectivity index (χ1) is 18.9. The van der Waals surface area contributed by atoms with E-state index in [2.05, 4.69) is 22.0 Å². The zero-order valence-electron chi connectivity index (χ0n) is 22.7. The van der Waals surface area contributed by atoms with Crippen LogP contribution in [0.25, 0.3) is 0 Å². The number of carbonyl (C=O) groups excluding carboxylic acids is 3. The summed E-state index contributed by atoms with van der Waals surface area (Å²) in [6.45, 7) is 6.69. The first kappa shape index (κ1) is 28.0. The number of carbonyl (C=O) groups is 3. The molecule has 3 saturated heterocycles. The lowest BCUT2D eigenvalue weighted by molar-refractivity contribution is -0.139. The third-order valence-corrected chi connectivity index (χ3v) is 8.91. The quantitative estimate of drug-likeness (QED) is 0.540. The van der Waals surface area contributed by atoms with Gasteiger partial charge in [0.2, 0.25) is 12.3 Å². The van der Waals surface area contributed by atoms with Gasteiger partial charge >= 0.3 is 0 Å². The first-order valence-corrected chi connectivity index (χ1v) is 14.5. The number of hydrogen-bond donors (Lipinski definition) is 1. The topological polar surface area (TPSA) is 82.2 Å². The number of anilines is 1. The van der Waals surface area contributed by atoms with Crippen LogP contribution in [0.4, 0.5) is 14.5 Å². The number of benzene rings is 1. The molecule has 0 radical (unpaired) electrons. The van der Waals surface area contributed by atoms with Gasteiger partial charge in [-0.05, 0) is 56.0 Å². The molecule has 0 unspecified atom stereocenters. The number of rotatable bonds is 8. The molecule has 1 aromatic rings. The van der Waals surface area contributed by atoms with Gasteiger partial charge in [0.25, 0.3) is 5.91 Å². The molecule has 10 heteroatoms. The standard InChI is InChI=1S/C29H40F2N4O4/c1-2-12-33-13-15-34(16-14-33)21-10-8-20(9-11-21)28(37)32-24(19-6-4-3-5-7-19)29(38)35-17-22(27(30)31)26-25(35)23(36)18-39-26/h8-11,19,22,24-27H,2-7,12-18H2,1H3,(H,32,37)/t22-,24+,25-,26-/m1/s1. The van der Waals surface area contributed by atoms with E-state index in [1.807, 2.05) is 12.1 Å². The molecule has 8 nitrogen and oxygen atoms in total. The Morgan fingerprint density at radius 3 is 2.38 bits per heavy atom. The van der Waals surface area contributed by atoms with Gasteiger partial charge in [-0.25, -0.2) is 8.78 Å². The van der Waals surface area contributed by atoms with Crippen LogP contribution in [0.3, 0.4) is 0 Å². The molecular weight excluding hydrogens is 506 g/mol. The molecule has 1 aromatic carbocycles. The molecule has 39 heavy (non-hydrogen) atoms. The van der Waals surface area contributed by atoms with Crippen molar-refractivity contribution >= 4 is 23.3 Å².